The average Bonchev–Trinajstić information content (AvgIpc) is 1.81. The first-order chi connectivity index (χ1) is 5.68. The first kappa shape index (κ1) is 9.52. The molecule has 0 unspecified atom stereocenters. The van der Waals surface area contributed by atoms with Gasteiger partial charge in [-0.1, -0.05) is 13.8 Å². The van der Waals surface area contributed by atoms with Crippen molar-refractivity contribution in [2.24, 2.45) is 11.8 Å². The maximum absolute atomic E-state index is 11.1. The number of hydrogen-bond acceptors (Lipinski definition) is 3. The van der Waals surface area contributed by atoms with E-state index in [1.807, 2.05) is 13.8 Å². The molecular formula is C9H17NO2. The highest BCUT2D eigenvalue weighted by molar-refractivity contribution is 5.69. The van der Waals surface area contributed by atoms with Crippen LogP contribution in [0.5, 0.6) is 0 Å². The third-order valence-electron chi connectivity index (χ3n) is 1.92. The lowest BCUT2D eigenvalue weighted by molar-refractivity contribution is -0.146. The van der Waals surface area contributed by atoms with Gasteiger partial charge in [0.25, 0.3) is 0 Å². The summed E-state index contributed by atoms with van der Waals surface area (Å²) in [6.45, 7) is 6.63. The van der Waals surface area contributed by atoms with Crippen LogP contribution in [0.3, 0.4) is 0 Å². The normalized spacial score (nSPS) is 17.6. The molecule has 0 spiro atoms. The molecule has 3 nitrogen and oxygen atoms in total. The van der Waals surface area contributed by atoms with E-state index in [9.17, 15) is 4.79 Å². The summed E-state index contributed by atoms with van der Waals surface area (Å²) in [6, 6.07) is 0. The highest BCUT2D eigenvalue weighted by atomic mass is 16.5. The van der Waals surface area contributed by atoms with Crippen molar-refractivity contribution in [3.8, 4) is 0 Å². The number of nitrogens with one attached hydrogen (secondary N) is 1. The molecule has 1 aliphatic heterocycles. The second-order valence-corrected chi connectivity index (χ2v) is 3.81. The highest BCUT2D eigenvalue weighted by Gasteiger charge is 2.18. The molecule has 1 saturated heterocycles. The molecule has 12 heavy (non-hydrogen) atoms. The molecule has 0 atom stereocenters. The standard InChI is InChI=1S/C9H17NO2/c1-7(2)3-9(11)12-6-8-4-10-5-8/h7-8,10H,3-6H2,1-2H3. The Morgan fingerprint density at radius 3 is 2.67 bits per heavy atom. The van der Waals surface area contributed by atoms with Gasteiger partial charge in [-0.05, 0) is 5.92 Å². The zero-order valence-corrected chi connectivity index (χ0v) is 7.80. The van der Waals surface area contributed by atoms with E-state index in [4.69, 9.17) is 4.74 Å². The highest BCUT2D eigenvalue weighted by Crippen LogP contribution is 2.06. The molecule has 0 saturated carbocycles. The second-order valence-electron chi connectivity index (χ2n) is 3.81. The molecule has 0 radical (unpaired) electrons. The molecule has 3 heteroatoms. The zero-order valence-electron chi connectivity index (χ0n) is 7.80. The van der Waals surface area contributed by atoms with Crippen LogP contribution in [0, 0.1) is 11.8 Å². The van der Waals surface area contributed by atoms with Crippen molar-refractivity contribution in [1.82, 2.24) is 5.32 Å². The summed E-state index contributed by atoms with van der Waals surface area (Å²) >= 11 is 0. The molecule has 70 valence electrons. The molecule has 0 bridgehead atoms. The molecule has 1 fully saturated rings. The Hall–Kier alpha value is -0.570. The fourth-order valence-corrected chi connectivity index (χ4v) is 1.07. The number of esters is 1. The number of ether oxygens (including phenoxy) is 1. The SMILES string of the molecule is CC(C)CC(=O)OCC1CNC1. The predicted molar refractivity (Wildman–Crippen MR) is 46.8 cm³/mol. The quantitative estimate of drug-likeness (QED) is 0.636. The van der Waals surface area contributed by atoms with Gasteiger partial charge in [0.15, 0.2) is 0 Å². The Labute approximate surface area is 73.5 Å². The Bertz CT molecular complexity index is 153. The third kappa shape index (κ3) is 3.22. The first-order valence-corrected chi connectivity index (χ1v) is 4.55. The van der Waals surface area contributed by atoms with E-state index in [2.05, 4.69) is 5.32 Å². The van der Waals surface area contributed by atoms with Crippen LogP contribution in [0.4, 0.5) is 0 Å². The smallest absolute Gasteiger partial charge is 0.306 e. The number of rotatable bonds is 4. The molecule has 1 N–H and O–H groups in total. The number of carbonyl (C=O) groups excluding carboxylic acids is 1. The monoisotopic (exact) mass is 171 g/mol. The van der Waals surface area contributed by atoms with Crippen LogP contribution in [0.1, 0.15) is 20.3 Å². The fraction of sp³-hybridized carbons (Fsp3) is 0.889. The van der Waals surface area contributed by atoms with Gasteiger partial charge in [0.05, 0.1) is 6.61 Å². The molecule has 0 aliphatic carbocycles. The summed E-state index contributed by atoms with van der Waals surface area (Å²) in [4.78, 5) is 11.1. The van der Waals surface area contributed by atoms with Gasteiger partial charge < -0.3 is 10.1 Å². The molecule has 0 aromatic heterocycles. The molecular weight excluding hydrogens is 154 g/mol. The van der Waals surface area contributed by atoms with Gasteiger partial charge in [-0.15, -0.1) is 0 Å². The molecule has 0 amide bonds. The van der Waals surface area contributed by atoms with E-state index in [1.54, 1.807) is 0 Å². The Morgan fingerprint density at radius 2 is 2.25 bits per heavy atom. The minimum absolute atomic E-state index is 0.0584. The second kappa shape index (κ2) is 4.45. The van der Waals surface area contributed by atoms with Gasteiger partial charge in [-0.3, -0.25) is 4.79 Å². The van der Waals surface area contributed by atoms with Gasteiger partial charge in [0, 0.05) is 25.4 Å². The first-order valence-electron chi connectivity index (χ1n) is 4.55. The zero-order chi connectivity index (χ0) is 8.97. The topological polar surface area (TPSA) is 38.3 Å². The van der Waals surface area contributed by atoms with Crippen molar-refractivity contribution < 1.29 is 9.53 Å². The summed E-state index contributed by atoms with van der Waals surface area (Å²) in [5.41, 5.74) is 0. The van der Waals surface area contributed by atoms with E-state index in [0.717, 1.165) is 13.1 Å². The van der Waals surface area contributed by atoms with Crippen LogP contribution in [-0.4, -0.2) is 25.7 Å². The predicted octanol–water partition coefficient (Wildman–Crippen LogP) is 0.795. The van der Waals surface area contributed by atoms with Crippen LogP contribution in [0.15, 0.2) is 0 Å². The van der Waals surface area contributed by atoms with Gasteiger partial charge in [0.2, 0.25) is 0 Å². The van der Waals surface area contributed by atoms with E-state index in [0.29, 0.717) is 24.9 Å². The summed E-state index contributed by atoms with van der Waals surface area (Å²) in [7, 11) is 0. The van der Waals surface area contributed by atoms with Gasteiger partial charge in [-0.25, -0.2) is 0 Å². The van der Waals surface area contributed by atoms with Crippen LogP contribution in [-0.2, 0) is 9.53 Å². The molecule has 1 aliphatic rings. The minimum Gasteiger partial charge on any atom is -0.465 e. The summed E-state index contributed by atoms with van der Waals surface area (Å²) in [5.74, 6) is 0.898. The Morgan fingerprint density at radius 1 is 1.58 bits per heavy atom. The van der Waals surface area contributed by atoms with Crippen LogP contribution < -0.4 is 5.32 Å². The molecule has 1 rings (SSSR count). The van der Waals surface area contributed by atoms with E-state index in [1.165, 1.54) is 0 Å². The lowest BCUT2D eigenvalue weighted by Crippen LogP contribution is -2.44. The Kier molecular flexibility index (Phi) is 3.53. The summed E-state index contributed by atoms with van der Waals surface area (Å²) < 4.78 is 5.08. The van der Waals surface area contributed by atoms with E-state index >= 15 is 0 Å². The molecule has 0 aromatic rings. The largest absolute Gasteiger partial charge is 0.465 e. The van der Waals surface area contributed by atoms with Crippen molar-refractivity contribution in [2.45, 2.75) is 20.3 Å². The van der Waals surface area contributed by atoms with Crippen molar-refractivity contribution in [1.29, 1.82) is 0 Å². The average molecular weight is 171 g/mol. The van der Waals surface area contributed by atoms with Crippen molar-refractivity contribution >= 4 is 5.97 Å². The fourth-order valence-electron chi connectivity index (χ4n) is 1.07. The van der Waals surface area contributed by atoms with Crippen molar-refractivity contribution in [3.63, 3.8) is 0 Å². The van der Waals surface area contributed by atoms with Crippen LogP contribution >= 0.6 is 0 Å². The molecule has 0 aromatic carbocycles. The van der Waals surface area contributed by atoms with E-state index in [-0.39, 0.29) is 5.97 Å². The third-order valence-corrected chi connectivity index (χ3v) is 1.92. The number of carbonyl (C=O) groups is 1. The van der Waals surface area contributed by atoms with Crippen molar-refractivity contribution in [2.75, 3.05) is 19.7 Å². The van der Waals surface area contributed by atoms with Crippen LogP contribution in [0.2, 0.25) is 0 Å². The van der Waals surface area contributed by atoms with E-state index < -0.39 is 0 Å². The lowest BCUT2D eigenvalue weighted by Gasteiger charge is -2.26. The number of hydrogen-bond donors (Lipinski definition) is 1. The lowest BCUT2D eigenvalue weighted by atomic mass is 10.1. The Balaban J connectivity index is 2.01. The van der Waals surface area contributed by atoms with Gasteiger partial charge >= 0.3 is 5.97 Å². The summed E-state index contributed by atoms with van der Waals surface area (Å²) in [6.07, 6.45) is 0.542. The molecule has 1 heterocycles. The maximum Gasteiger partial charge on any atom is 0.306 e. The van der Waals surface area contributed by atoms with Gasteiger partial charge in [-0.2, -0.15) is 0 Å². The minimum atomic E-state index is -0.0584. The van der Waals surface area contributed by atoms with Crippen molar-refractivity contribution in [3.05, 3.63) is 0 Å². The van der Waals surface area contributed by atoms with Gasteiger partial charge in [0.1, 0.15) is 0 Å². The summed E-state index contributed by atoms with van der Waals surface area (Å²) in [5, 5.41) is 3.13. The van der Waals surface area contributed by atoms with Crippen LogP contribution in [0.25, 0.3) is 0 Å². The maximum atomic E-state index is 11.1.